The van der Waals surface area contributed by atoms with E-state index in [1.54, 1.807) is 31.3 Å². The smallest absolute Gasteiger partial charge is 0.303 e. The Hall–Kier alpha value is -3.73. The van der Waals surface area contributed by atoms with Gasteiger partial charge < -0.3 is 31.9 Å². The maximum Gasteiger partial charge on any atom is 0.303 e. The highest BCUT2D eigenvalue weighted by Crippen LogP contribution is 2.08. The molecular weight excluding hydrogens is 406 g/mol. The Bertz CT molecular complexity index is 758. The summed E-state index contributed by atoms with van der Waals surface area (Å²) in [6.07, 6.45) is 1.50. The lowest BCUT2D eigenvalue weighted by Crippen LogP contribution is -2.52. The summed E-state index contributed by atoms with van der Waals surface area (Å²) in [5.41, 5.74) is 12.0. The lowest BCUT2D eigenvalue weighted by Gasteiger charge is -2.20. The van der Waals surface area contributed by atoms with Crippen molar-refractivity contribution in [3.8, 4) is 0 Å². The van der Waals surface area contributed by atoms with Crippen molar-refractivity contribution in [2.24, 2.45) is 11.5 Å². The predicted molar refractivity (Wildman–Crippen MR) is 114 cm³/mol. The molecule has 0 aromatic heterocycles. The van der Waals surface area contributed by atoms with Crippen molar-refractivity contribution in [3.63, 3.8) is 0 Å². The first-order chi connectivity index (χ1) is 14.7. The third-order valence-corrected chi connectivity index (χ3v) is 3.96. The summed E-state index contributed by atoms with van der Waals surface area (Å²) in [7, 11) is 1.60. The van der Waals surface area contributed by atoms with Crippen LogP contribution in [0.15, 0.2) is 36.9 Å². The van der Waals surface area contributed by atoms with Gasteiger partial charge in [0.1, 0.15) is 18.5 Å². The highest BCUT2D eigenvalue weighted by molar-refractivity contribution is 5.95. The molecule has 11 nitrogen and oxygen atoms in total. The third kappa shape index (κ3) is 11.8. The number of benzene rings is 1. The van der Waals surface area contributed by atoms with E-state index >= 15 is 0 Å². The maximum absolute atomic E-state index is 12.3. The molecular formula is C20H29N5O6. The summed E-state index contributed by atoms with van der Waals surface area (Å²) in [6.45, 7) is 4.01. The quantitative estimate of drug-likeness (QED) is 0.0766. The molecule has 0 aliphatic rings. The molecule has 0 aliphatic carbocycles. The Balaban J connectivity index is 0.00000131. The molecule has 0 aliphatic heterocycles. The first kappa shape index (κ1) is 27.3. The number of carboxylic acids is 1. The van der Waals surface area contributed by atoms with E-state index in [4.69, 9.17) is 22.0 Å². The summed E-state index contributed by atoms with van der Waals surface area (Å²) in [6, 6.07) is 5.20. The number of amides is 2. The minimum absolute atomic E-state index is 0.0443. The van der Waals surface area contributed by atoms with E-state index in [0.717, 1.165) is 5.56 Å². The van der Waals surface area contributed by atoms with E-state index < -0.39 is 29.9 Å². The molecule has 0 fully saturated rings. The first-order valence-corrected chi connectivity index (χ1v) is 9.24. The van der Waals surface area contributed by atoms with Gasteiger partial charge in [0.2, 0.25) is 11.8 Å². The molecule has 31 heavy (non-hydrogen) atoms. The van der Waals surface area contributed by atoms with E-state index in [1.807, 2.05) is 0 Å². The SMILES string of the molecule is C=CCOC=O.CNC(Cc1ccc(C(=N)N)cc1)C(=O)N[C@@H](CCC(=O)O)C(N)=O. The van der Waals surface area contributed by atoms with Gasteiger partial charge in [-0.2, -0.15) is 0 Å². The van der Waals surface area contributed by atoms with Crippen LogP contribution < -0.4 is 22.1 Å². The van der Waals surface area contributed by atoms with Crippen LogP contribution in [0.5, 0.6) is 0 Å². The number of hydrogen-bond acceptors (Lipinski definition) is 7. The number of hydrogen-bond donors (Lipinski definition) is 6. The third-order valence-electron chi connectivity index (χ3n) is 3.96. The maximum atomic E-state index is 12.3. The van der Waals surface area contributed by atoms with Crippen LogP contribution in [0.25, 0.3) is 0 Å². The van der Waals surface area contributed by atoms with Crippen LogP contribution in [0, 0.1) is 5.41 Å². The molecule has 0 radical (unpaired) electrons. The number of carbonyl (C=O) groups excluding carboxylic acids is 3. The number of rotatable bonds is 13. The molecule has 1 aromatic rings. The summed E-state index contributed by atoms with van der Waals surface area (Å²) >= 11 is 0. The van der Waals surface area contributed by atoms with E-state index in [1.165, 1.54) is 6.08 Å². The fraction of sp³-hybridized carbons (Fsp3) is 0.350. The minimum Gasteiger partial charge on any atom is -0.481 e. The van der Waals surface area contributed by atoms with Gasteiger partial charge in [-0.3, -0.25) is 24.6 Å². The number of primary amides is 1. The molecule has 8 N–H and O–H groups in total. The normalized spacial score (nSPS) is 11.6. The van der Waals surface area contributed by atoms with Crippen LogP contribution in [0.2, 0.25) is 0 Å². The van der Waals surface area contributed by atoms with Crippen LogP contribution in [0.1, 0.15) is 24.0 Å². The van der Waals surface area contributed by atoms with Gasteiger partial charge in [0.05, 0.1) is 6.04 Å². The van der Waals surface area contributed by atoms with Gasteiger partial charge >= 0.3 is 5.97 Å². The number of amidine groups is 1. The molecule has 11 heteroatoms. The lowest BCUT2D eigenvalue weighted by atomic mass is 10.0. The molecule has 1 aromatic carbocycles. The molecule has 0 saturated heterocycles. The zero-order valence-corrected chi connectivity index (χ0v) is 17.3. The number of ether oxygens (including phenoxy) is 1. The van der Waals surface area contributed by atoms with Crippen molar-refractivity contribution in [3.05, 3.63) is 48.0 Å². The zero-order chi connectivity index (χ0) is 23.8. The second-order valence-electron chi connectivity index (χ2n) is 6.27. The topological polar surface area (TPSA) is 198 Å². The van der Waals surface area contributed by atoms with Gasteiger partial charge in [-0.25, -0.2) is 0 Å². The Kier molecular flexibility index (Phi) is 13.3. The molecule has 170 valence electrons. The van der Waals surface area contributed by atoms with Gasteiger partial charge in [-0.05, 0) is 25.5 Å². The van der Waals surface area contributed by atoms with E-state index in [2.05, 4.69) is 21.9 Å². The number of likely N-dealkylation sites (N-methyl/N-ethyl adjacent to an activating group) is 1. The van der Waals surface area contributed by atoms with Gasteiger partial charge in [0.25, 0.3) is 6.47 Å². The highest BCUT2D eigenvalue weighted by Gasteiger charge is 2.24. The number of nitrogens with one attached hydrogen (secondary N) is 3. The number of carboxylic acid groups (broad SMARTS) is 1. The fourth-order valence-electron chi connectivity index (χ4n) is 2.31. The second-order valence-corrected chi connectivity index (χ2v) is 6.27. The monoisotopic (exact) mass is 435 g/mol. The summed E-state index contributed by atoms with van der Waals surface area (Å²) < 4.78 is 4.18. The Morgan fingerprint density at radius 1 is 1.23 bits per heavy atom. The van der Waals surface area contributed by atoms with Crippen LogP contribution in [-0.4, -0.2) is 60.9 Å². The van der Waals surface area contributed by atoms with Crippen molar-refractivity contribution >= 4 is 30.1 Å². The number of nitrogens with two attached hydrogens (primary N) is 2. The van der Waals surface area contributed by atoms with Crippen molar-refractivity contribution in [2.45, 2.75) is 31.3 Å². The fourth-order valence-corrected chi connectivity index (χ4v) is 2.31. The minimum atomic E-state index is -1.07. The van der Waals surface area contributed by atoms with Crippen molar-refractivity contribution in [1.82, 2.24) is 10.6 Å². The van der Waals surface area contributed by atoms with E-state index in [-0.39, 0.29) is 18.7 Å². The lowest BCUT2D eigenvalue weighted by molar-refractivity contribution is -0.138. The van der Waals surface area contributed by atoms with Crippen molar-refractivity contribution in [2.75, 3.05) is 13.7 Å². The largest absolute Gasteiger partial charge is 0.481 e. The Labute approximate surface area is 180 Å². The van der Waals surface area contributed by atoms with Crippen LogP contribution in [0.3, 0.4) is 0 Å². The van der Waals surface area contributed by atoms with Crippen LogP contribution >= 0.6 is 0 Å². The van der Waals surface area contributed by atoms with Crippen LogP contribution in [-0.2, 0) is 30.3 Å². The molecule has 0 saturated carbocycles. The average Bonchev–Trinajstić information content (AvgIpc) is 2.73. The summed E-state index contributed by atoms with van der Waals surface area (Å²) in [5, 5.41) is 21.4. The van der Waals surface area contributed by atoms with Crippen molar-refractivity contribution in [1.29, 1.82) is 5.41 Å². The summed E-state index contributed by atoms with van der Waals surface area (Å²) in [5.74, 6) is -2.35. The Morgan fingerprint density at radius 2 is 1.84 bits per heavy atom. The molecule has 2 atom stereocenters. The zero-order valence-electron chi connectivity index (χ0n) is 17.3. The number of nitrogen functional groups attached to an aromatic ring is 1. The van der Waals surface area contributed by atoms with Crippen molar-refractivity contribution < 1.29 is 29.0 Å². The number of aliphatic carboxylic acids is 1. The average molecular weight is 435 g/mol. The van der Waals surface area contributed by atoms with Crippen LogP contribution in [0.4, 0.5) is 0 Å². The van der Waals surface area contributed by atoms with Gasteiger partial charge in [0.15, 0.2) is 0 Å². The molecule has 0 heterocycles. The molecule has 1 unspecified atom stereocenters. The second kappa shape index (κ2) is 15.2. The molecule has 2 amide bonds. The molecule has 0 bridgehead atoms. The van der Waals surface area contributed by atoms with Gasteiger partial charge in [-0.15, -0.1) is 0 Å². The van der Waals surface area contributed by atoms with Gasteiger partial charge in [0, 0.05) is 12.0 Å². The van der Waals surface area contributed by atoms with E-state index in [9.17, 15) is 19.2 Å². The van der Waals surface area contributed by atoms with E-state index in [0.29, 0.717) is 25.1 Å². The highest BCUT2D eigenvalue weighted by atomic mass is 16.5. The number of carbonyl (C=O) groups is 4. The Morgan fingerprint density at radius 3 is 2.23 bits per heavy atom. The predicted octanol–water partition coefficient (Wildman–Crippen LogP) is -0.719. The summed E-state index contributed by atoms with van der Waals surface area (Å²) in [4.78, 5) is 43.6. The standard InChI is InChI=1S/C16H23N5O4.C4H6O2/c1-20-12(8-9-2-4-10(5-3-9)14(17)18)16(25)21-11(15(19)24)6-7-13(22)23;1-2-3-6-4-5/h2-5,11-12,20H,6-8H2,1H3,(H3,17,18)(H2,19,24)(H,21,25)(H,22,23);2,4H,1,3H2/t11-,12?;/m0./s1. The first-order valence-electron chi connectivity index (χ1n) is 9.24. The van der Waals surface area contributed by atoms with Gasteiger partial charge in [-0.1, -0.05) is 36.9 Å². The molecule has 1 rings (SSSR count). The molecule has 0 spiro atoms.